The molecule has 1 unspecified atom stereocenters. The lowest BCUT2D eigenvalue weighted by Crippen LogP contribution is -2.31. The quantitative estimate of drug-likeness (QED) is 0.198. The van der Waals surface area contributed by atoms with Crippen molar-refractivity contribution >= 4 is 23.5 Å². The van der Waals surface area contributed by atoms with Crippen LogP contribution >= 0.6 is 11.6 Å². The Bertz CT molecular complexity index is 1460. The van der Waals surface area contributed by atoms with Crippen LogP contribution in [0.2, 0.25) is 5.02 Å². The standard InChI is InChI=1S/C27H26ClF6N3O4/c1-3-36-24(14-40-25-9-4-5-10-39-25)35-37(26(36)38)22-13-23(41-15(2)27(32,33)34)17(12-21(22)31)20(30)11-16-18(28)7-6-8-19(16)29/h6-8,11-13,15,25H,3-5,9-10,14H2,1-2H3/b20-11-/t15-,25?/m0/s1. The van der Waals surface area contributed by atoms with Crippen molar-refractivity contribution < 1.29 is 40.6 Å². The second kappa shape index (κ2) is 12.7. The van der Waals surface area contributed by atoms with Crippen LogP contribution in [0.4, 0.5) is 26.3 Å². The number of nitrogens with zero attached hydrogens (tertiary/aromatic N) is 3. The third kappa shape index (κ3) is 6.96. The van der Waals surface area contributed by atoms with Crippen molar-refractivity contribution in [3.63, 3.8) is 0 Å². The molecule has 3 aromatic rings. The summed E-state index contributed by atoms with van der Waals surface area (Å²) in [4.78, 5) is 13.1. The molecule has 0 spiro atoms. The molecule has 0 bridgehead atoms. The van der Waals surface area contributed by atoms with Gasteiger partial charge >= 0.3 is 11.9 Å². The zero-order chi connectivity index (χ0) is 29.9. The van der Waals surface area contributed by atoms with Crippen LogP contribution in [-0.2, 0) is 22.6 Å². The van der Waals surface area contributed by atoms with Crippen molar-refractivity contribution in [2.24, 2.45) is 0 Å². The number of alkyl halides is 3. The summed E-state index contributed by atoms with van der Waals surface area (Å²) in [6, 6.07) is 4.81. The van der Waals surface area contributed by atoms with Crippen molar-refractivity contribution in [2.45, 2.75) is 64.8 Å². The molecule has 0 amide bonds. The van der Waals surface area contributed by atoms with Crippen LogP contribution in [0.3, 0.4) is 0 Å². The first-order valence-electron chi connectivity index (χ1n) is 12.7. The highest BCUT2D eigenvalue weighted by Crippen LogP contribution is 2.36. The Labute approximate surface area is 235 Å². The van der Waals surface area contributed by atoms with Gasteiger partial charge in [0.1, 0.15) is 35.5 Å². The first kappa shape index (κ1) is 30.7. The summed E-state index contributed by atoms with van der Waals surface area (Å²) in [7, 11) is 0. The van der Waals surface area contributed by atoms with Gasteiger partial charge in [-0.25, -0.2) is 18.0 Å². The van der Waals surface area contributed by atoms with Gasteiger partial charge in [-0.3, -0.25) is 4.57 Å². The van der Waals surface area contributed by atoms with Crippen LogP contribution < -0.4 is 10.4 Å². The molecule has 0 N–H and O–H groups in total. The van der Waals surface area contributed by atoms with E-state index in [9.17, 15) is 22.4 Å². The number of hydrogen-bond donors (Lipinski definition) is 0. The van der Waals surface area contributed by atoms with Gasteiger partial charge in [-0.15, -0.1) is 5.10 Å². The molecular formula is C27H26ClF6N3O4. The highest BCUT2D eigenvalue weighted by atomic mass is 35.5. The van der Waals surface area contributed by atoms with Gasteiger partial charge in [0, 0.05) is 24.8 Å². The van der Waals surface area contributed by atoms with E-state index in [1.807, 2.05) is 0 Å². The van der Waals surface area contributed by atoms with Crippen LogP contribution in [0.15, 0.2) is 35.1 Å². The van der Waals surface area contributed by atoms with E-state index >= 15 is 8.78 Å². The van der Waals surface area contributed by atoms with E-state index < -0.39 is 64.3 Å². The van der Waals surface area contributed by atoms with Gasteiger partial charge in [0.05, 0.1) is 10.6 Å². The molecule has 1 saturated heterocycles. The van der Waals surface area contributed by atoms with E-state index in [1.54, 1.807) is 6.92 Å². The number of halogens is 7. The summed E-state index contributed by atoms with van der Waals surface area (Å²) in [5.74, 6) is -4.11. The molecule has 2 heterocycles. The predicted molar refractivity (Wildman–Crippen MR) is 138 cm³/mol. The van der Waals surface area contributed by atoms with Gasteiger partial charge in [-0.2, -0.15) is 17.9 Å². The average molecular weight is 606 g/mol. The maximum absolute atomic E-state index is 15.4. The third-order valence-corrected chi connectivity index (χ3v) is 6.69. The highest BCUT2D eigenvalue weighted by Gasteiger charge is 2.39. The molecule has 14 heteroatoms. The maximum Gasteiger partial charge on any atom is 0.425 e. The van der Waals surface area contributed by atoms with Crippen LogP contribution in [0, 0.1) is 11.6 Å². The fourth-order valence-electron chi connectivity index (χ4n) is 4.13. The van der Waals surface area contributed by atoms with Crippen molar-refractivity contribution in [2.75, 3.05) is 6.61 Å². The smallest absolute Gasteiger partial charge is 0.425 e. The van der Waals surface area contributed by atoms with Crippen LogP contribution in [-0.4, -0.2) is 39.5 Å². The molecule has 7 nitrogen and oxygen atoms in total. The number of rotatable bonds is 9. The molecule has 2 aromatic carbocycles. The van der Waals surface area contributed by atoms with Gasteiger partial charge in [0.25, 0.3) is 0 Å². The van der Waals surface area contributed by atoms with E-state index in [4.69, 9.17) is 25.8 Å². The monoisotopic (exact) mass is 605 g/mol. The Kier molecular flexibility index (Phi) is 9.50. The first-order valence-corrected chi connectivity index (χ1v) is 13.1. The lowest BCUT2D eigenvalue weighted by molar-refractivity contribution is -0.189. The van der Waals surface area contributed by atoms with E-state index in [-0.39, 0.29) is 24.0 Å². The Balaban J connectivity index is 1.78. The Morgan fingerprint density at radius 2 is 2.00 bits per heavy atom. The number of hydrogen-bond acceptors (Lipinski definition) is 5. The van der Waals surface area contributed by atoms with E-state index in [2.05, 4.69) is 5.10 Å². The minimum absolute atomic E-state index is 0.113. The lowest BCUT2D eigenvalue weighted by atomic mass is 10.1. The highest BCUT2D eigenvalue weighted by molar-refractivity contribution is 6.32. The predicted octanol–water partition coefficient (Wildman–Crippen LogP) is 6.83. The number of ether oxygens (including phenoxy) is 3. The van der Waals surface area contributed by atoms with Gasteiger partial charge in [0.15, 0.2) is 18.2 Å². The zero-order valence-electron chi connectivity index (χ0n) is 22.0. The summed E-state index contributed by atoms with van der Waals surface area (Å²) < 4.78 is 103. The second-order valence-corrected chi connectivity index (χ2v) is 9.60. The molecule has 1 aliphatic heterocycles. The molecule has 0 radical (unpaired) electrons. The summed E-state index contributed by atoms with van der Waals surface area (Å²) in [5, 5.41) is 3.94. The Morgan fingerprint density at radius 1 is 1.24 bits per heavy atom. The molecule has 0 aliphatic carbocycles. The fraction of sp³-hybridized carbons (Fsp3) is 0.407. The normalized spacial score (nSPS) is 17.1. The van der Waals surface area contributed by atoms with E-state index in [1.165, 1.54) is 16.7 Å². The average Bonchev–Trinajstić information content (AvgIpc) is 3.24. The molecule has 4 rings (SSSR count). The number of aromatic nitrogens is 3. The van der Waals surface area contributed by atoms with Crippen molar-refractivity contribution in [3.05, 3.63) is 74.4 Å². The topological polar surface area (TPSA) is 67.5 Å². The molecule has 1 aromatic heterocycles. The minimum Gasteiger partial charge on any atom is -0.480 e. The van der Waals surface area contributed by atoms with Crippen molar-refractivity contribution in [1.82, 2.24) is 14.3 Å². The Morgan fingerprint density at radius 3 is 2.63 bits per heavy atom. The fourth-order valence-corrected chi connectivity index (χ4v) is 4.35. The molecule has 1 aliphatic rings. The SMILES string of the molecule is CCn1c(COC2CCCCO2)nn(-c2cc(O[C@@H](C)C(F)(F)F)c(/C(F)=C/c3c(F)cccc3Cl)cc2F)c1=O. The first-order chi connectivity index (χ1) is 19.4. The maximum atomic E-state index is 15.4. The molecular weight excluding hydrogens is 580 g/mol. The van der Waals surface area contributed by atoms with Gasteiger partial charge in [-0.1, -0.05) is 17.7 Å². The molecule has 2 atom stereocenters. The minimum atomic E-state index is -4.87. The second-order valence-electron chi connectivity index (χ2n) is 9.19. The van der Waals surface area contributed by atoms with Gasteiger partial charge < -0.3 is 14.2 Å². The molecule has 41 heavy (non-hydrogen) atoms. The summed E-state index contributed by atoms with van der Waals surface area (Å²) in [5.41, 5.74) is -2.58. The molecule has 0 saturated carbocycles. The van der Waals surface area contributed by atoms with Crippen LogP contribution in [0.5, 0.6) is 5.75 Å². The Hall–Kier alpha value is -3.29. The molecule has 1 fully saturated rings. The lowest BCUT2D eigenvalue weighted by Gasteiger charge is -2.22. The largest absolute Gasteiger partial charge is 0.480 e. The summed E-state index contributed by atoms with van der Waals surface area (Å²) >= 11 is 5.93. The third-order valence-electron chi connectivity index (χ3n) is 6.36. The summed E-state index contributed by atoms with van der Waals surface area (Å²) in [6.07, 6.45) is -4.79. The van der Waals surface area contributed by atoms with Crippen molar-refractivity contribution in [1.29, 1.82) is 0 Å². The van der Waals surface area contributed by atoms with E-state index in [0.29, 0.717) is 36.8 Å². The van der Waals surface area contributed by atoms with Crippen LogP contribution in [0.25, 0.3) is 17.6 Å². The van der Waals surface area contributed by atoms with Gasteiger partial charge in [-0.05, 0) is 57.4 Å². The van der Waals surface area contributed by atoms with E-state index in [0.717, 1.165) is 25.0 Å². The summed E-state index contributed by atoms with van der Waals surface area (Å²) in [6.45, 7) is 2.79. The zero-order valence-corrected chi connectivity index (χ0v) is 22.7. The van der Waals surface area contributed by atoms with Gasteiger partial charge in [0.2, 0.25) is 0 Å². The van der Waals surface area contributed by atoms with Crippen LogP contribution in [0.1, 0.15) is 50.1 Å². The number of benzene rings is 2. The van der Waals surface area contributed by atoms with Crippen molar-refractivity contribution in [3.8, 4) is 11.4 Å². The molecule has 222 valence electrons.